The van der Waals surface area contributed by atoms with Crippen LogP contribution >= 0.6 is 0 Å². The van der Waals surface area contributed by atoms with Crippen LogP contribution in [0, 0.1) is 0 Å². The Morgan fingerprint density at radius 3 is 2.46 bits per heavy atom. The van der Waals surface area contributed by atoms with Crippen molar-refractivity contribution in [2.45, 2.75) is 83.5 Å². The summed E-state index contributed by atoms with van der Waals surface area (Å²) in [7, 11) is 1.43. The van der Waals surface area contributed by atoms with Gasteiger partial charge in [0.1, 0.15) is 18.2 Å². The van der Waals surface area contributed by atoms with E-state index in [4.69, 9.17) is 18.9 Å². The summed E-state index contributed by atoms with van der Waals surface area (Å²) in [4.78, 5) is 14.6. The van der Waals surface area contributed by atoms with Crippen molar-refractivity contribution < 1.29 is 23.7 Å². The molecule has 140 valence electrons. The number of ether oxygens (including phenoxy) is 4. The van der Waals surface area contributed by atoms with E-state index in [1.807, 2.05) is 13.8 Å². The average molecular weight is 343 g/mol. The molecule has 2 aliphatic heterocycles. The zero-order valence-electron chi connectivity index (χ0n) is 15.7. The van der Waals surface area contributed by atoms with E-state index in [0.717, 1.165) is 32.2 Å². The Morgan fingerprint density at radius 1 is 1.17 bits per heavy atom. The maximum Gasteiger partial charge on any atom is 0.325 e. The normalized spacial score (nSPS) is 32.5. The second-order valence-electron chi connectivity index (χ2n) is 7.14. The molecular weight excluding hydrogens is 310 g/mol. The summed E-state index contributed by atoms with van der Waals surface area (Å²) < 4.78 is 23.3. The Labute approximate surface area is 145 Å². The summed E-state index contributed by atoms with van der Waals surface area (Å²) in [5.41, 5.74) is 0. The lowest BCUT2D eigenvalue weighted by molar-refractivity contribution is -0.164. The van der Waals surface area contributed by atoms with Gasteiger partial charge in [0.25, 0.3) is 0 Å². The molecule has 0 spiro atoms. The molecule has 6 heteroatoms. The van der Waals surface area contributed by atoms with Crippen molar-refractivity contribution in [3.05, 3.63) is 0 Å². The van der Waals surface area contributed by atoms with Gasteiger partial charge in [-0.15, -0.1) is 0 Å². The van der Waals surface area contributed by atoms with Crippen LogP contribution in [0.2, 0.25) is 0 Å². The zero-order valence-corrected chi connectivity index (χ0v) is 15.7. The van der Waals surface area contributed by atoms with Crippen LogP contribution in [-0.2, 0) is 23.7 Å². The third-order valence-corrected chi connectivity index (χ3v) is 4.72. The van der Waals surface area contributed by atoms with Crippen molar-refractivity contribution in [1.82, 2.24) is 4.90 Å². The van der Waals surface area contributed by atoms with E-state index < -0.39 is 11.8 Å². The lowest BCUT2D eigenvalue weighted by atomic mass is 9.93. The minimum absolute atomic E-state index is 0.0823. The van der Waals surface area contributed by atoms with Crippen molar-refractivity contribution in [3.63, 3.8) is 0 Å². The van der Waals surface area contributed by atoms with Gasteiger partial charge in [-0.2, -0.15) is 0 Å². The Bertz CT molecular complexity index is 414. The number of likely N-dealkylation sites (tertiary alicyclic amines) is 1. The van der Waals surface area contributed by atoms with Gasteiger partial charge >= 0.3 is 5.97 Å². The van der Waals surface area contributed by atoms with Crippen LogP contribution in [0.25, 0.3) is 0 Å². The molecule has 0 saturated carbocycles. The van der Waals surface area contributed by atoms with E-state index in [0.29, 0.717) is 13.2 Å². The highest BCUT2D eigenvalue weighted by atomic mass is 16.8. The molecule has 0 aromatic carbocycles. The lowest BCUT2D eigenvalue weighted by Crippen LogP contribution is -2.63. The van der Waals surface area contributed by atoms with Crippen molar-refractivity contribution in [2.75, 3.05) is 26.8 Å². The molecule has 2 saturated heterocycles. The second-order valence-corrected chi connectivity index (χ2v) is 7.14. The second kappa shape index (κ2) is 8.61. The number of piperidine rings is 1. The fourth-order valence-electron chi connectivity index (χ4n) is 3.53. The van der Waals surface area contributed by atoms with E-state index in [1.54, 1.807) is 0 Å². The quantitative estimate of drug-likeness (QED) is 0.498. The predicted molar refractivity (Wildman–Crippen MR) is 90.8 cm³/mol. The SMILES string of the molecule is CCCCO[C@@H]1CN(CCCC)[C@@H](C(=O)OC)[C@@H]2OC(C)(C)O[C@@H]21. The molecule has 4 atom stereocenters. The fraction of sp³-hybridized carbons (Fsp3) is 0.944. The Balaban J connectivity index is 2.19. The number of esters is 1. The molecule has 2 heterocycles. The van der Waals surface area contributed by atoms with Gasteiger partial charge in [0.2, 0.25) is 0 Å². The number of carbonyl (C=O) groups excluding carboxylic acids is 1. The standard InChI is InChI=1S/C18H33NO5/c1-6-8-10-19-12-13(22-11-9-7-2)15-16(14(19)17(20)21-5)24-18(3,4)23-15/h13-16H,6-12H2,1-5H3/t13-,14-,15-,16+/m1/s1. The van der Waals surface area contributed by atoms with E-state index in [9.17, 15) is 4.79 Å². The maximum absolute atomic E-state index is 12.4. The maximum atomic E-state index is 12.4. The van der Waals surface area contributed by atoms with Crippen LogP contribution in [-0.4, -0.2) is 67.8 Å². The molecular formula is C18H33NO5. The first kappa shape index (κ1) is 19.6. The van der Waals surface area contributed by atoms with Crippen LogP contribution in [0.3, 0.4) is 0 Å². The van der Waals surface area contributed by atoms with Gasteiger partial charge < -0.3 is 18.9 Å². The molecule has 0 bridgehead atoms. The van der Waals surface area contributed by atoms with E-state index >= 15 is 0 Å². The first-order valence-corrected chi connectivity index (χ1v) is 9.22. The summed E-state index contributed by atoms with van der Waals surface area (Å²) in [6.07, 6.45) is 3.53. The van der Waals surface area contributed by atoms with E-state index in [-0.39, 0.29) is 24.3 Å². The highest BCUT2D eigenvalue weighted by Gasteiger charge is 2.56. The molecule has 6 nitrogen and oxygen atoms in total. The van der Waals surface area contributed by atoms with E-state index in [1.165, 1.54) is 7.11 Å². The average Bonchev–Trinajstić information content (AvgIpc) is 2.87. The summed E-state index contributed by atoms with van der Waals surface area (Å²) >= 11 is 0. The van der Waals surface area contributed by atoms with Crippen molar-refractivity contribution in [2.24, 2.45) is 0 Å². The molecule has 0 radical (unpaired) electrons. The minimum Gasteiger partial charge on any atom is -0.468 e. The Morgan fingerprint density at radius 2 is 1.83 bits per heavy atom. The largest absolute Gasteiger partial charge is 0.468 e. The summed E-state index contributed by atoms with van der Waals surface area (Å²) in [5.74, 6) is -0.969. The highest BCUT2D eigenvalue weighted by Crippen LogP contribution is 2.38. The monoisotopic (exact) mass is 343 g/mol. The molecule has 0 aliphatic carbocycles. The summed E-state index contributed by atoms with van der Waals surface area (Å²) in [6.45, 7) is 10.3. The molecule has 2 rings (SSSR count). The number of unbranched alkanes of at least 4 members (excludes halogenated alkanes) is 2. The number of nitrogens with zero attached hydrogens (tertiary/aromatic N) is 1. The summed E-state index contributed by atoms with van der Waals surface area (Å²) in [6, 6.07) is -0.431. The molecule has 2 fully saturated rings. The molecule has 0 unspecified atom stereocenters. The number of carbonyl (C=O) groups is 1. The van der Waals surface area contributed by atoms with Crippen LogP contribution in [0.15, 0.2) is 0 Å². The van der Waals surface area contributed by atoms with Gasteiger partial charge in [0.05, 0.1) is 13.2 Å². The van der Waals surface area contributed by atoms with Crippen LogP contribution in [0.4, 0.5) is 0 Å². The van der Waals surface area contributed by atoms with Crippen LogP contribution in [0.5, 0.6) is 0 Å². The van der Waals surface area contributed by atoms with Crippen molar-refractivity contribution >= 4 is 5.97 Å². The predicted octanol–water partition coefficient (Wildman–Crippen LogP) is 2.35. The highest BCUT2D eigenvalue weighted by molar-refractivity contribution is 5.77. The van der Waals surface area contributed by atoms with Gasteiger partial charge in [0.15, 0.2) is 5.79 Å². The van der Waals surface area contributed by atoms with Gasteiger partial charge in [-0.3, -0.25) is 9.69 Å². The number of hydrogen-bond donors (Lipinski definition) is 0. The molecule has 0 amide bonds. The lowest BCUT2D eigenvalue weighted by Gasteiger charge is -2.43. The van der Waals surface area contributed by atoms with Gasteiger partial charge in [0, 0.05) is 13.2 Å². The number of methoxy groups -OCH3 is 1. The van der Waals surface area contributed by atoms with Gasteiger partial charge in [-0.1, -0.05) is 26.7 Å². The smallest absolute Gasteiger partial charge is 0.325 e. The minimum atomic E-state index is -0.714. The summed E-state index contributed by atoms with van der Waals surface area (Å²) in [5, 5.41) is 0. The number of fused-ring (bicyclic) bond motifs is 1. The Kier molecular flexibility index (Phi) is 7.04. The topological polar surface area (TPSA) is 57.2 Å². The number of rotatable bonds is 8. The first-order chi connectivity index (χ1) is 11.4. The van der Waals surface area contributed by atoms with Crippen molar-refractivity contribution in [1.29, 1.82) is 0 Å². The number of hydrogen-bond acceptors (Lipinski definition) is 6. The van der Waals surface area contributed by atoms with Gasteiger partial charge in [-0.25, -0.2) is 0 Å². The molecule has 24 heavy (non-hydrogen) atoms. The third kappa shape index (κ3) is 4.48. The molecule has 0 N–H and O–H groups in total. The fourth-order valence-corrected chi connectivity index (χ4v) is 3.53. The molecule has 0 aromatic heterocycles. The molecule has 0 aromatic rings. The van der Waals surface area contributed by atoms with Crippen LogP contribution < -0.4 is 0 Å². The van der Waals surface area contributed by atoms with Crippen LogP contribution in [0.1, 0.15) is 53.4 Å². The third-order valence-electron chi connectivity index (χ3n) is 4.72. The molecule has 2 aliphatic rings. The Hall–Kier alpha value is -0.690. The van der Waals surface area contributed by atoms with Gasteiger partial charge in [-0.05, 0) is 33.2 Å². The van der Waals surface area contributed by atoms with Crippen molar-refractivity contribution in [3.8, 4) is 0 Å². The zero-order chi connectivity index (χ0) is 17.7. The first-order valence-electron chi connectivity index (χ1n) is 9.22. The van der Waals surface area contributed by atoms with E-state index in [2.05, 4.69) is 18.7 Å².